The molecule has 20 heavy (non-hydrogen) atoms. The second-order valence-electron chi connectivity index (χ2n) is 5.76. The van der Waals surface area contributed by atoms with Gasteiger partial charge in [0.15, 0.2) is 0 Å². The van der Waals surface area contributed by atoms with Crippen LogP contribution in [0.1, 0.15) is 45.1 Å². The maximum Gasteiger partial charge on any atom is 0.0621 e. The van der Waals surface area contributed by atoms with E-state index in [1.54, 1.807) is 12.4 Å². The Bertz CT molecular complexity index is 425. The van der Waals surface area contributed by atoms with Crippen LogP contribution < -0.4 is 5.73 Å². The van der Waals surface area contributed by atoms with Crippen molar-refractivity contribution >= 4 is 11.6 Å². The molecule has 0 saturated heterocycles. The molecule has 0 spiro atoms. The van der Waals surface area contributed by atoms with Gasteiger partial charge in [-0.25, -0.2) is 0 Å². The van der Waals surface area contributed by atoms with E-state index in [1.165, 1.54) is 25.7 Å². The van der Waals surface area contributed by atoms with E-state index in [0.29, 0.717) is 0 Å². The zero-order valence-corrected chi connectivity index (χ0v) is 13.4. The smallest absolute Gasteiger partial charge is 0.0621 e. The first-order valence-corrected chi connectivity index (χ1v) is 8.11. The van der Waals surface area contributed by atoms with E-state index in [-0.39, 0.29) is 11.6 Å². The molecule has 1 heterocycles. The van der Waals surface area contributed by atoms with Crippen LogP contribution in [0.2, 0.25) is 5.02 Å². The van der Waals surface area contributed by atoms with Crippen molar-refractivity contribution in [1.82, 2.24) is 9.88 Å². The van der Waals surface area contributed by atoms with Gasteiger partial charge in [-0.3, -0.25) is 9.88 Å². The number of aromatic nitrogens is 1. The Labute approximate surface area is 127 Å². The first-order valence-electron chi connectivity index (χ1n) is 7.73. The fourth-order valence-corrected chi connectivity index (χ4v) is 3.96. The molecule has 1 fully saturated rings. The fraction of sp³-hybridized carbons (Fsp3) is 0.688. The first kappa shape index (κ1) is 15.7. The average molecular weight is 296 g/mol. The lowest BCUT2D eigenvalue weighted by atomic mass is 9.83. The molecular formula is C16H26ClN3. The van der Waals surface area contributed by atoms with Crippen LogP contribution in [0.15, 0.2) is 18.5 Å². The molecule has 2 N–H and O–H groups in total. The summed E-state index contributed by atoms with van der Waals surface area (Å²) >= 11 is 6.24. The molecule has 2 rings (SSSR count). The number of hydrogen-bond acceptors (Lipinski definition) is 3. The number of nitrogens with zero attached hydrogens (tertiary/aromatic N) is 2. The van der Waals surface area contributed by atoms with Crippen molar-refractivity contribution in [3.8, 4) is 0 Å². The van der Waals surface area contributed by atoms with E-state index in [1.807, 2.05) is 6.07 Å². The molecule has 1 aromatic heterocycles. The zero-order valence-electron chi connectivity index (χ0n) is 12.6. The van der Waals surface area contributed by atoms with Crippen LogP contribution in [0.4, 0.5) is 0 Å². The molecule has 1 saturated carbocycles. The molecule has 3 nitrogen and oxygen atoms in total. The van der Waals surface area contributed by atoms with Crippen LogP contribution in [0.3, 0.4) is 0 Å². The van der Waals surface area contributed by atoms with Crippen LogP contribution in [0, 0.1) is 0 Å². The summed E-state index contributed by atoms with van der Waals surface area (Å²) in [5.41, 5.74) is 7.91. The van der Waals surface area contributed by atoms with E-state index in [4.69, 9.17) is 17.3 Å². The molecule has 1 unspecified atom stereocenters. The summed E-state index contributed by atoms with van der Waals surface area (Å²) in [6.07, 6.45) is 9.33. The molecule has 4 heteroatoms. The fourth-order valence-electron chi connectivity index (χ4n) is 3.76. The minimum absolute atomic E-state index is 0.129. The van der Waals surface area contributed by atoms with Crippen LogP contribution >= 0.6 is 11.6 Å². The molecule has 1 aromatic rings. The normalized spacial score (nSPS) is 19.4. The third-order valence-electron chi connectivity index (χ3n) is 4.85. The lowest BCUT2D eigenvalue weighted by Gasteiger charge is -2.45. The highest BCUT2D eigenvalue weighted by atomic mass is 35.5. The molecule has 1 aliphatic rings. The third-order valence-corrected chi connectivity index (χ3v) is 5.19. The summed E-state index contributed by atoms with van der Waals surface area (Å²) < 4.78 is 0. The molecule has 0 aliphatic heterocycles. The Kier molecular flexibility index (Phi) is 5.42. The molecule has 0 bridgehead atoms. The van der Waals surface area contributed by atoms with Crippen LogP contribution in [0.5, 0.6) is 0 Å². The maximum atomic E-state index is 6.65. The summed E-state index contributed by atoms with van der Waals surface area (Å²) in [6, 6.07) is 2.12. The Balaban J connectivity index is 2.19. The van der Waals surface area contributed by atoms with Crippen LogP contribution in [-0.4, -0.2) is 34.6 Å². The molecule has 0 radical (unpaired) electrons. The van der Waals surface area contributed by atoms with Gasteiger partial charge in [0.1, 0.15) is 0 Å². The summed E-state index contributed by atoms with van der Waals surface area (Å²) in [4.78, 5) is 6.61. The van der Waals surface area contributed by atoms with Gasteiger partial charge in [-0.05, 0) is 44.0 Å². The van der Waals surface area contributed by atoms with Gasteiger partial charge < -0.3 is 5.73 Å². The van der Waals surface area contributed by atoms with Crippen LogP contribution in [0.25, 0.3) is 0 Å². The molecule has 0 aromatic carbocycles. The first-order chi connectivity index (χ1) is 9.64. The number of hydrogen-bond donors (Lipinski definition) is 1. The minimum Gasteiger partial charge on any atom is -0.326 e. The second kappa shape index (κ2) is 6.88. The van der Waals surface area contributed by atoms with Crippen molar-refractivity contribution in [3.63, 3.8) is 0 Å². The van der Waals surface area contributed by atoms with Gasteiger partial charge in [0.2, 0.25) is 0 Å². The van der Waals surface area contributed by atoms with Gasteiger partial charge in [-0.15, -0.1) is 0 Å². The van der Waals surface area contributed by atoms with E-state index in [0.717, 1.165) is 30.1 Å². The van der Waals surface area contributed by atoms with Gasteiger partial charge >= 0.3 is 0 Å². The highest BCUT2D eigenvalue weighted by molar-refractivity contribution is 6.31. The van der Waals surface area contributed by atoms with Crippen molar-refractivity contribution in [2.75, 3.05) is 13.1 Å². The third kappa shape index (κ3) is 3.00. The number of pyridine rings is 1. The van der Waals surface area contributed by atoms with E-state index in [2.05, 4.69) is 23.7 Å². The number of nitrogens with two attached hydrogens (primary N) is 1. The highest BCUT2D eigenvalue weighted by Crippen LogP contribution is 2.38. The van der Waals surface area contributed by atoms with Crippen molar-refractivity contribution in [3.05, 3.63) is 29.0 Å². The number of rotatable bonds is 6. The van der Waals surface area contributed by atoms with Gasteiger partial charge in [0.05, 0.1) is 5.02 Å². The Morgan fingerprint density at radius 2 is 2.00 bits per heavy atom. The minimum atomic E-state index is 0.129. The Morgan fingerprint density at radius 3 is 2.55 bits per heavy atom. The molecule has 112 valence electrons. The van der Waals surface area contributed by atoms with Gasteiger partial charge in [0, 0.05) is 24.0 Å². The summed E-state index contributed by atoms with van der Waals surface area (Å²) in [5, 5.41) is 0.732. The molecule has 0 amide bonds. The Hall–Kier alpha value is -0.640. The summed E-state index contributed by atoms with van der Waals surface area (Å²) in [6.45, 7) is 6.59. The Morgan fingerprint density at radius 1 is 1.35 bits per heavy atom. The second-order valence-corrected chi connectivity index (χ2v) is 6.17. The standard InChI is InChI=1S/C16H26ClN3/c1-3-20(4-2)16(8-5-6-9-16)15(18)11-13-7-10-19-12-14(13)17/h7,10,12,15H,3-6,8-9,11,18H2,1-2H3. The average Bonchev–Trinajstić information content (AvgIpc) is 2.93. The lowest BCUT2D eigenvalue weighted by Crippen LogP contribution is -2.59. The van der Waals surface area contributed by atoms with Gasteiger partial charge in [-0.1, -0.05) is 38.3 Å². The van der Waals surface area contributed by atoms with E-state index in [9.17, 15) is 0 Å². The largest absolute Gasteiger partial charge is 0.326 e. The predicted octanol–water partition coefficient (Wildman–Crippen LogP) is 3.26. The van der Waals surface area contributed by atoms with E-state index >= 15 is 0 Å². The SMILES string of the molecule is CCN(CC)C1(C(N)Cc2ccncc2Cl)CCCC1. The van der Waals surface area contributed by atoms with Crippen molar-refractivity contribution in [1.29, 1.82) is 0 Å². The predicted molar refractivity (Wildman–Crippen MR) is 85.0 cm³/mol. The molecule has 1 atom stereocenters. The van der Waals surface area contributed by atoms with Gasteiger partial charge in [0.25, 0.3) is 0 Å². The monoisotopic (exact) mass is 295 g/mol. The summed E-state index contributed by atoms with van der Waals surface area (Å²) in [5.74, 6) is 0. The van der Waals surface area contributed by atoms with Crippen molar-refractivity contribution < 1.29 is 0 Å². The van der Waals surface area contributed by atoms with Crippen molar-refractivity contribution in [2.24, 2.45) is 5.73 Å². The lowest BCUT2D eigenvalue weighted by molar-refractivity contribution is 0.0772. The van der Waals surface area contributed by atoms with Gasteiger partial charge in [-0.2, -0.15) is 0 Å². The molecule has 1 aliphatic carbocycles. The van der Waals surface area contributed by atoms with Crippen LogP contribution in [-0.2, 0) is 6.42 Å². The zero-order chi connectivity index (χ0) is 14.6. The van der Waals surface area contributed by atoms with Crippen molar-refractivity contribution in [2.45, 2.75) is 57.5 Å². The quantitative estimate of drug-likeness (QED) is 0.876. The topological polar surface area (TPSA) is 42.1 Å². The van der Waals surface area contributed by atoms with E-state index < -0.39 is 0 Å². The number of halogens is 1. The highest BCUT2D eigenvalue weighted by Gasteiger charge is 2.43. The summed E-state index contributed by atoms with van der Waals surface area (Å²) in [7, 11) is 0. The molecular weight excluding hydrogens is 270 g/mol. The number of likely N-dealkylation sites (N-methyl/N-ethyl adjacent to an activating group) is 1. The maximum absolute atomic E-state index is 6.65.